The number of hydrogen-bond donors (Lipinski definition) is 2. The zero-order chi connectivity index (χ0) is 9.69. The van der Waals surface area contributed by atoms with Gasteiger partial charge in [0.25, 0.3) is 0 Å². The van der Waals surface area contributed by atoms with Crippen molar-refractivity contribution in [2.75, 3.05) is 13.2 Å². The molecule has 1 saturated heterocycles. The average Bonchev–Trinajstić information content (AvgIpc) is 2.59. The lowest BCUT2D eigenvalue weighted by Gasteiger charge is -2.42. The molecule has 2 bridgehead atoms. The molecular formula is C11H21NO. The van der Waals surface area contributed by atoms with E-state index in [1.165, 1.54) is 6.42 Å². The maximum Gasteiger partial charge on any atom is 0.0463 e. The molecule has 1 aliphatic carbocycles. The molecule has 2 rings (SSSR count). The van der Waals surface area contributed by atoms with Crippen molar-refractivity contribution in [2.45, 2.75) is 39.2 Å². The van der Waals surface area contributed by atoms with Gasteiger partial charge >= 0.3 is 0 Å². The summed E-state index contributed by atoms with van der Waals surface area (Å²) in [7, 11) is 0. The molecular weight excluding hydrogens is 162 g/mol. The van der Waals surface area contributed by atoms with Crippen molar-refractivity contribution in [1.29, 1.82) is 0 Å². The highest BCUT2D eigenvalue weighted by atomic mass is 16.3. The Kier molecular flexibility index (Phi) is 1.97. The zero-order valence-corrected chi connectivity index (χ0v) is 8.93. The number of aliphatic hydroxyl groups excluding tert-OH is 1. The Morgan fingerprint density at radius 2 is 2.08 bits per heavy atom. The van der Waals surface area contributed by atoms with Crippen molar-refractivity contribution in [2.24, 2.45) is 17.3 Å². The summed E-state index contributed by atoms with van der Waals surface area (Å²) in [5.41, 5.74) is 0.636. The van der Waals surface area contributed by atoms with Crippen LogP contribution in [0.15, 0.2) is 0 Å². The summed E-state index contributed by atoms with van der Waals surface area (Å²) >= 11 is 0. The van der Waals surface area contributed by atoms with E-state index in [1.807, 2.05) is 0 Å². The SMILES string of the molecule is CC(C)(C)[C@@]12C[C@H](CO)[C@@H](CN1)C2. The minimum atomic E-state index is 0.311. The second-order valence-electron chi connectivity index (χ2n) is 5.82. The summed E-state index contributed by atoms with van der Waals surface area (Å²) in [6.07, 6.45) is 2.43. The molecule has 0 aromatic carbocycles. The number of hydrogen-bond acceptors (Lipinski definition) is 2. The summed E-state index contributed by atoms with van der Waals surface area (Å²) < 4.78 is 0. The van der Waals surface area contributed by atoms with Gasteiger partial charge in [-0.2, -0.15) is 0 Å². The van der Waals surface area contributed by atoms with Gasteiger partial charge in [-0.3, -0.25) is 0 Å². The van der Waals surface area contributed by atoms with E-state index >= 15 is 0 Å². The van der Waals surface area contributed by atoms with Gasteiger partial charge in [0.15, 0.2) is 0 Å². The molecule has 1 aliphatic heterocycles. The van der Waals surface area contributed by atoms with Crippen molar-refractivity contribution in [3.63, 3.8) is 0 Å². The van der Waals surface area contributed by atoms with E-state index in [4.69, 9.17) is 0 Å². The summed E-state index contributed by atoms with van der Waals surface area (Å²) in [6.45, 7) is 8.42. The van der Waals surface area contributed by atoms with Gasteiger partial charge in [0.05, 0.1) is 0 Å². The van der Waals surface area contributed by atoms with E-state index < -0.39 is 0 Å². The normalized spacial score (nSPS) is 44.3. The van der Waals surface area contributed by atoms with Crippen LogP contribution in [0.5, 0.6) is 0 Å². The van der Waals surface area contributed by atoms with E-state index in [0.717, 1.165) is 18.9 Å². The highest BCUT2D eigenvalue weighted by molar-refractivity contribution is 5.11. The predicted molar refractivity (Wildman–Crippen MR) is 53.5 cm³/mol. The third-order valence-corrected chi connectivity index (χ3v) is 4.26. The number of aliphatic hydroxyl groups is 1. The summed E-state index contributed by atoms with van der Waals surface area (Å²) in [4.78, 5) is 0. The van der Waals surface area contributed by atoms with E-state index in [1.54, 1.807) is 0 Å². The van der Waals surface area contributed by atoms with Crippen LogP contribution in [-0.4, -0.2) is 23.8 Å². The standard InChI is InChI=1S/C11H21NO/c1-10(2,3)11-4-8(6-12-11)9(5-11)7-13/h8-9,12-13H,4-7H2,1-3H3/t8-,9-,11-/m1/s1. The molecule has 13 heavy (non-hydrogen) atoms. The van der Waals surface area contributed by atoms with Crippen molar-refractivity contribution < 1.29 is 5.11 Å². The van der Waals surface area contributed by atoms with E-state index in [-0.39, 0.29) is 0 Å². The van der Waals surface area contributed by atoms with Crippen LogP contribution >= 0.6 is 0 Å². The first-order valence-electron chi connectivity index (χ1n) is 5.34. The van der Waals surface area contributed by atoms with Crippen molar-refractivity contribution in [3.05, 3.63) is 0 Å². The molecule has 0 amide bonds. The molecule has 0 radical (unpaired) electrons. The Morgan fingerprint density at radius 3 is 2.46 bits per heavy atom. The van der Waals surface area contributed by atoms with E-state index in [2.05, 4.69) is 26.1 Å². The fraction of sp³-hybridized carbons (Fsp3) is 1.00. The summed E-state index contributed by atoms with van der Waals surface area (Å²) in [5.74, 6) is 1.28. The maximum atomic E-state index is 9.24. The first-order chi connectivity index (χ1) is 5.98. The number of nitrogens with one attached hydrogen (secondary N) is 1. The van der Waals surface area contributed by atoms with Crippen LogP contribution in [0.3, 0.4) is 0 Å². The van der Waals surface area contributed by atoms with Gasteiger partial charge in [0.1, 0.15) is 0 Å². The van der Waals surface area contributed by atoms with Gasteiger partial charge in [0.2, 0.25) is 0 Å². The average molecular weight is 183 g/mol. The van der Waals surface area contributed by atoms with Crippen LogP contribution in [0.25, 0.3) is 0 Å². The van der Waals surface area contributed by atoms with Gasteiger partial charge in [-0.15, -0.1) is 0 Å². The lowest BCUT2D eigenvalue weighted by molar-refractivity contribution is 0.117. The van der Waals surface area contributed by atoms with Crippen LogP contribution in [0.2, 0.25) is 0 Å². The number of fused-ring (bicyclic) bond motifs is 2. The molecule has 2 aliphatic rings. The minimum Gasteiger partial charge on any atom is -0.396 e. The Balaban J connectivity index is 2.19. The smallest absolute Gasteiger partial charge is 0.0463 e. The third-order valence-electron chi connectivity index (χ3n) is 4.26. The Bertz CT molecular complexity index is 209. The molecule has 76 valence electrons. The number of piperidine rings is 1. The second-order valence-corrected chi connectivity index (χ2v) is 5.82. The predicted octanol–water partition coefficient (Wildman–Crippen LogP) is 1.39. The van der Waals surface area contributed by atoms with Gasteiger partial charge in [-0.05, 0) is 36.6 Å². The van der Waals surface area contributed by atoms with Crippen molar-refractivity contribution >= 4 is 0 Å². The molecule has 0 unspecified atom stereocenters. The fourth-order valence-electron chi connectivity index (χ4n) is 3.11. The molecule has 2 fully saturated rings. The monoisotopic (exact) mass is 183 g/mol. The number of rotatable bonds is 1. The molecule has 2 nitrogen and oxygen atoms in total. The zero-order valence-electron chi connectivity index (χ0n) is 8.93. The van der Waals surface area contributed by atoms with Crippen LogP contribution in [0.1, 0.15) is 33.6 Å². The second kappa shape index (κ2) is 2.71. The summed E-state index contributed by atoms with van der Waals surface area (Å²) in [6, 6.07) is 0. The molecule has 1 saturated carbocycles. The Labute approximate surface area is 80.7 Å². The minimum absolute atomic E-state index is 0.311. The molecule has 0 aromatic rings. The topological polar surface area (TPSA) is 32.3 Å². The van der Waals surface area contributed by atoms with Crippen molar-refractivity contribution in [3.8, 4) is 0 Å². The first kappa shape index (κ1) is 9.47. The summed E-state index contributed by atoms with van der Waals surface area (Å²) in [5, 5.41) is 12.9. The highest BCUT2D eigenvalue weighted by Crippen LogP contribution is 2.52. The van der Waals surface area contributed by atoms with Gasteiger partial charge in [0, 0.05) is 12.1 Å². The highest BCUT2D eigenvalue weighted by Gasteiger charge is 2.55. The first-order valence-corrected chi connectivity index (χ1v) is 5.34. The molecule has 1 heterocycles. The van der Waals surface area contributed by atoms with Crippen LogP contribution in [-0.2, 0) is 0 Å². The molecule has 0 spiro atoms. The molecule has 0 aromatic heterocycles. The Morgan fingerprint density at radius 1 is 1.38 bits per heavy atom. The largest absolute Gasteiger partial charge is 0.396 e. The molecule has 2 N–H and O–H groups in total. The van der Waals surface area contributed by atoms with Crippen LogP contribution < -0.4 is 5.32 Å². The van der Waals surface area contributed by atoms with Crippen LogP contribution in [0.4, 0.5) is 0 Å². The van der Waals surface area contributed by atoms with Gasteiger partial charge in [-0.1, -0.05) is 20.8 Å². The fourth-order valence-corrected chi connectivity index (χ4v) is 3.11. The Hall–Kier alpha value is -0.0800. The van der Waals surface area contributed by atoms with Gasteiger partial charge in [-0.25, -0.2) is 0 Å². The van der Waals surface area contributed by atoms with Gasteiger partial charge < -0.3 is 10.4 Å². The van der Waals surface area contributed by atoms with E-state index in [9.17, 15) is 5.11 Å². The quantitative estimate of drug-likeness (QED) is 0.644. The van der Waals surface area contributed by atoms with Crippen molar-refractivity contribution in [1.82, 2.24) is 5.32 Å². The molecule has 3 atom stereocenters. The maximum absolute atomic E-state index is 9.24. The lowest BCUT2D eigenvalue weighted by Crippen LogP contribution is -2.52. The third kappa shape index (κ3) is 1.23. The lowest BCUT2D eigenvalue weighted by atomic mass is 9.72. The molecule has 2 heteroatoms. The van der Waals surface area contributed by atoms with Crippen LogP contribution in [0, 0.1) is 17.3 Å². The van der Waals surface area contributed by atoms with E-state index in [0.29, 0.717) is 23.5 Å².